The van der Waals surface area contributed by atoms with Gasteiger partial charge in [0.15, 0.2) is 15.0 Å². The number of para-hydroxylation sites is 1. The number of fused-ring (bicyclic) bond motifs is 1. The zero-order valence-corrected chi connectivity index (χ0v) is 14.3. The highest BCUT2D eigenvalue weighted by Gasteiger charge is 2.28. The summed E-state index contributed by atoms with van der Waals surface area (Å²) < 4.78 is 22.8. The molecule has 1 N–H and O–H groups in total. The number of sulfone groups is 1. The van der Waals surface area contributed by atoms with Gasteiger partial charge in [0.05, 0.1) is 22.8 Å². The molecule has 1 saturated heterocycles. The SMILES string of the molecule is Cc1nc(SCC(=O)NC2CCS(=O)(=O)C2)nc2ccccc12. The van der Waals surface area contributed by atoms with E-state index in [1.165, 1.54) is 11.8 Å². The highest BCUT2D eigenvalue weighted by molar-refractivity contribution is 7.99. The van der Waals surface area contributed by atoms with E-state index in [0.717, 1.165) is 16.6 Å². The van der Waals surface area contributed by atoms with Crippen molar-refractivity contribution in [2.24, 2.45) is 0 Å². The Morgan fingerprint density at radius 2 is 2.13 bits per heavy atom. The van der Waals surface area contributed by atoms with Gasteiger partial charge in [0.25, 0.3) is 0 Å². The standard InChI is InChI=1S/C15H17N3O3S2/c1-10-12-4-2-3-5-13(12)18-15(16-10)22-8-14(19)17-11-6-7-23(20,21)9-11/h2-5,11H,6-9H2,1H3,(H,17,19). The van der Waals surface area contributed by atoms with Crippen LogP contribution in [0.25, 0.3) is 10.9 Å². The number of carbonyl (C=O) groups is 1. The van der Waals surface area contributed by atoms with Crippen molar-refractivity contribution >= 4 is 38.4 Å². The molecule has 3 rings (SSSR count). The van der Waals surface area contributed by atoms with Gasteiger partial charge in [0, 0.05) is 17.1 Å². The van der Waals surface area contributed by atoms with Crippen LogP contribution in [0.3, 0.4) is 0 Å². The zero-order valence-electron chi connectivity index (χ0n) is 12.7. The van der Waals surface area contributed by atoms with Crippen molar-refractivity contribution in [3.63, 3.8) is 0 Å². The average Bonchev–Trinajstić information content (AvgIpc) is 2.84. The minimum absolute atomic E-state index is 0.0367. The Labute approximate surface area is 139 Å². The molecule has 1 aromatic heterocycles. The van der Waals surface area contributed by atoms with Gasteiger partial charge in [0.2, 0.25) is 5.91 Å². The third-order valence-electron chi connectivity index (χ3n) is 3.70. The summed E-state index contributed by atoms with van der Waals surface area (Å²) in [5.41, 5.74) is 1.73. The highest BCUT2D eigenvalue weighted by atomic mass is 32.2. The Balaban J connectivity index is 1.61. The first kappa shape index (κ1) is 16.2. The monoisotopic (exact) mass is 351 g/mol. The van der Waals surface area contributed by atoms with Crippen molar-refractivity contribution in [2.45, 2.75) is 24.5 Å². The lowest BCUT2D eigenvalue weighted by Gasteiger charge is -2.10. The van der Waals surface area contributed by atoms with E-state index in [-0.39, 0.29) is 29.2 Å². The van der Waals surface area contributed by atoms with Gasteiger partial charge in [-0.05, 0) is 19.4 Å². The van der Waals surface area contributed by atoms with Crippen molar-refractivity contribution in [2.75, 3.05) is 17.3 Å². The number of aromatic nitrogens is 2. The number of aryl methyl sites for hydroxylation is 1. The number of thioether (sulfide) groups is 1. The lowest BCUT2D eigenvalue weighted by molar-refractivity contribution is -0.119. The van der Waals surface area contributed by atoms with Crippen LogP contribution in [0, 0.1) is 6.92 Å². The molecule has 8 heteroatoms. The predicted octanol–water partition coefficient (Wildman–Crippen LogP) is 1.33. The Morgan fingerprint density at radius 3 is 2.87 bits per heavy atom. The summed E-state index contributed by atoms with van der Waals surface area (Å²) in [6, 6.07) is 7.46. The maximum absolute atomic E-state index is 11.9. The molecule has 2 aromatic rings. The molecule has 0 spiro atoms. The van der Waals surface area contributed by atoms with E-state index in [9.17, 15) is 13.2 Å². The van der Waals surface area contributed by atoms with E-state index in [1.54, 1.807) is 0 Å². The largest absolute Gasteiger partial charge is 0.352 e. The molecule has 0 aliphatic carbocycles. The van der Waals surface area contributed by atoms with Crippen molar-refractivity contribution < 1.29 is 13.2 Å². The lowest BCUT2D eigenvalue weighted by atomic mass is 10.2. The highest BCUT2D eigenvalue weighted by Crippen LogP contribution is 2.20. The average molecular weight is 351 g/mol. The molecule has 1 aliphatic heterocycles. The second kappa shape index (κ2) is 6.45. The summed E-state index contributed by atoms with van der Waals surface area (Å²) in [6.07, 6.45) is 0.490. The van der Waals surface area contributed by atoms with Gasteiger partial charge in [-0.1, -0.05) is 30.0 Å². The maximum atomic E-state index is 11.9. The number of nitrogens with one attached hydrogen (secondary N) is 1. The quantitative estimate of drug-likeness (QED) is 0.660. The topological polar surface area (TPSA) is 89.0 Å². The molecule has 1 fully saturated rings. The molecular formula is C15H17N3O3S2. The van der Waals surface area contributed by atoms with Gasteiger partial charge in [0.1, 0.15) is 0 Å². The fourth-order valence-electron chi connectivity index (χ4n) is 2.58. The molecule has 0 radical (unpaired) electrons. The Hall–Kier alpha value is -1.67. The molecule has 1 aliphatic rings. The predicted molar refractivity (Wildman–Crippen MR) is 90.2 cm³/mol. The van der Waals surface area contributed by atoms with Gasteiger partial charge in [-0.2, -0.15) is 0 Å². The van der Waals surface area contributed by atoms with E-state index in [0.29, 0.717) is 11.6 Å². The number of hydrogen-bond acceptors (Lipinski definition) is 6. The van der Waals surface area contributed by atoms with Crippen molar-refractivity contribution in [3.8, 4) is 0 Å². The van der Waals surface area contributed by atoms with Crippen LogP contribution in [0.1, 0.15) is 12.1 Å². The Bertz CT molecular complexity index is 852. The van der Waals surface area contributed by atoms with Gasteiger partial charge >= 0.3 is 0 Å². The molecule has 1 aromatic carbocycles. The third-order valence-corrected chi connectivity index (χ3v) is 6.32. The number of nitrogens with zero attached hydrogens (tertiary/aromatic N) is 2. The van der Waals surface area contributed by atoms with Crippen LogP contribution >= 0.6 is 11.8 Å². The fraction of sp³-hybridized carbons (Fsp3) is 0.400. The molecule has 1 unspecified atom stereocenters. The van der Waals surface area contributed by atoms with Gasteiger partial charge in [-0.25, -0.2) is 18.4 Å². The number of benzene rings is 1. The van der Waals surface area contributed by atoms with Crippen LogP contribution < -0.4 is 5.32 Å². The lowest BCUT2D eigenvalue weighted by Crippen LogP contribution is -2.36. The van der Waals surface area contributed by atoms with Crippen molar-refractivity contribution in [1.29, 1.82) is 0 Å². The normalized spacial score (nSPS) is 19.8. The van der Waals surface area contributed by atoms with E-state index in [4.69, 9.17) is 0 Å². The first-order valence-electron chi connectivity index (χ1n) is 7.29. The van der Waals surface area contributed by atoms with Crippen molar-refractivity contribution in [1.82, 2.24) is 15.3 Å². The summed E-state index contributed by atoms with van der Waals surface area (Å²) in [5, 5.41) is 4.31. The first-order valence-corrected chi connectivity index (χ1v) is 10.1. The minimum Gasteiger partial charge on any atom is -0.352 e. The Kier molecular flexibility index (Phi) is 4.54. The zero-order chi connectivity index (χ0) is 16.4. The van der Waals surface area contributed by atoms with E-state index < -0.39 is 9.84 Å². The van der Waals surface area contributed by atoms with Crippen LogP contribution in [-0.2, 0) is 14.6 Å². The molecule has 1 atom stereocenters. The molecule has 122 valence electrons. The summed E-state index contributed by atoms with van der Waals surface area (Å²) in [5.74, 6) is 0.174. The first-order chi connectivity index (χ1) is 10.9. The molecular weight excluding hydrogens is 334 g/mol. The van der Waals surface area contributed by atoms with Crippen LogP contribution in [0.4, 0.5) is 0 Å². The van der Waals surface area contributed by atoms with Crippen LogP contribution in [-0.4, -0.2) is 47.6 Å². The number of amides is 1. The number of rotatable bonds is 4. The van der Waals surface area contributed by atoms with E-state index in [2.05, 4.69) is 15.3 Å². The van der Waals surface area contributed by atoms with Crippen LogP contribution in [0.5, 0.6) is 0 Å². The van der Waals surface area contributed by atoms with Crippen molar-refractivity contribution in [3.05, 3.63) is 30.0 Å². The third kappa shape index (κ3) is 4.00. The molecule has 0 bridgehead atoms. The van der Waals surface area contributed by atoms with Crippen LogP contribution in [0.2, 0.25) is 0 Å². The molecule has 23 heavy (non-hydrogen) atoms. The summed E-state index contributed by atoms with van der Waals surface area (Å²) >= 11 is 1.26. The van der Waals surface area contributed by atoms with Crippen LogP contribution in [0.15, 0.2) is 29.4 Å². The maximum Gasteiger partial charge on any atom is 0.230 e. The molecule has 1 amide bonds. The number of carbonyl (C=O) groups excluding carboxylic acids is 1. The minimum atomic E-state index is -2.98. The fourth-order valence-corrected chi connectivity index (χ4v) is 4.96. The second-order valence-corrected chi connectivity index (χ2v) is 8.74. The molecule has 2 heterocycles. The van der Waals surface area contributed by atoms with Gasteiger partial charge in [-0.15, -0.1) is 0 Å². The second-order valence-electron chi connectivity index (χ2n) is 5.56. The van der Waals surface area contributed by atoms with E-state index in [1.807, 2.05) is 31.2 Å². The smallest absolute Gasteiger partial charge is 0.230 e. The molecule has 0 saturated carbocycles. The number of hydrogen-bond donors (Lipinski definition) is 1. The van der Waals surface area contributed by atoms with Gasteiger partial charge in [-0.3, -0.25) is 4.79 Å². The van der Waals surface area contributed by atoms with E-state index >= 15 is 0 Å². The Morgan fingerprint density at radius 1 is 1.35 bits per heavy atom. The summed E-state index contributed by atoms with van der Waals surface area (Å²) in [4.78, 5) is 20.8. The summed E-state index contributed by atoms with van der Waals surface area (Å²) in [7, 11) is -2.98. The summed E-state index contributed by atoms with van der Waals surface area (Å²) in [6.45, 7) is 1.91. The van der Waals surface area contributed by atoms with Gasteiger partial charge < -0.3 is 5.32 Å². The molecule has 6 nitrogen and oxygen atoms in total.